The van der Waals surface area contributed by atoms with Crippen LogP contribution in [0.25, 0.3) is 11.3 Å². The predicted molar refractivity (Wildman–Crippen MR) is 124 cm³/mol. The molecule has 2 aromatic carbocycles. The Morgan fingerprint density at radius 1 is 1.13 bits per heavy atom. The fourth-order valence-electron chi connectivity index (χ4n) is 3.77. The molecule has 1 heterocycles. The molecule has 1 aliphatic rings. The van der Waals surface area contributed by atoms with Crippen LogP contribution in [0.15, 0.2) is 70.6 Å². The third-order valence-electron chi connectivity index (χ3n) is 5.51. The number of hydrogen-bond donors (Lipinski definition) is 0. The quantitative estimate of drug-likeness (QED) is 0.250. The van der Waals surface area contributed by atoms with Gasteiger partial charge in [-0.15, -0.1) is 11.3 Å². The minimum Gasteiger partial charge on any atom is -0.497 e. The molecule has 4 rings (SSSR count). The normalized spacial score (nSPS) is 14.4. The minimum atomic E-state index is -0.370. The van der Waals surface area contributed by atoms with Crippen molar-refractivity contribution < 1.29 is 9.66 Å². The molecule has 0 atom stereocenters. The highest BCUT2D eigenvalue weighted by Gasteiger charge is 2.12. The Kier molecular flexibility index (Phi) is 6.62. The summed E-state index contributed by atoms with van der Waals surface area (Å²) >= 11 is 1.58. The number of nitrogens with zero attached hydrogens (tertiary/aromatic N) is 3. The Hall–Kier alpha value is -3.19. The van der Waals surface area contributed by atoms with Crippen molar-refractivity contribution in [3.63, 3.8) is 0 Å². The lowest BCUT2D eigenvalue weighted by Gasteiger charge is -2.14. The number of non-ortho nitro benzene ring substituents is 1. The molecular formula is C24H25N3O3S. The first-order valence-corrected chi connectivity index (χ1v) is 11.3. The van der Waals surface area contributed by atoms with Gasteiger partial charge in [-0.05, 0) is 74.1 Å². The average molecular weight is 436 g/mol. The number of ether oxygens (including phenoxy) is 1. The van der Waals surface area contributed by atoms with Gasteiger partial charge in [-0.3, -0.25) is 10.1 Å². The first-order valence-electron chi connectivity index (χ1n) is 10.4. The lowest BCUT2D eigenvalue weighted by molar-refractivity contribution is -0.384. The van der Waals surface area contributed by atoms with Gasteiger partial charge in [0.1, 0.15) is 5.75 Å². The third-order valence-corrected chi connectivity index (χ3v) is 6.37. The van der Waals surface area contributed by atoms with Crippen LogP contribution in [-0.4, -0.2) is 16.6 Å². The zero-order valence-corrected chi connectivity index (χ0v) is 18.3. The second kappa shape index (κ2) is 9.75. The van der Waals surface area contributed by atoms with E-state index in [-0.39, 0.29) is 10.6 Å². The molecule has 0 fully saturated rings. The number of aromatic nitrogens is 1. The van der Waals surface area contributed by atoms with Crippen LogP contribution >= 0.6 is 11.3 Å². The van der Waals surface area contributed by atoms with E-state index in [4.69, 9.17) is 9.73 Å². The van der Waals surface area contributed by atoms with Crippen molar-refractivity contribution in [2.24, 2.45) is 4.99 Å². The molecule has 0 spiro atoms. The van der Waals surface area contributed by atoms with E-state index in [2.05, 4.69) is 16.0 Å². The van der Waals surface area contributed by atoms with E-state index >= 15 is 0 Å². The van der Waals surface area contributed by atoms with Gasteiger partial charge in [0.25, 0.3) is 5.69 Å². The lowest BCUT2D eigenvalue weighted by atomic mass is 9.97. The van der Waals surface area contributed by atoms with Crippen molar-refractivity contribution in [1.82, 2.24) is 4.57 Å². The molecule has 0 saturated carbocycles. The molecule has 0 unspecified atom stereocenters. The zero-order chi connectivity index (χ0) is 21.6. The molecular weight excluding hydrogens is 410 g/mol. The number of thiazole rings is 1. The Bertz CT molecular complexity index is 1140. The Morgan fingerprint density at radius 3 is 2.55 bits per heavy atom. The van der Waals surface area contributed by atoms with Gasteiger partial charge in [0.05, 0.1) is 23.4 Å². The van der Waals surface area contributed by atoms with Gasteiger partial charge in [0.2, 0.25) is 0 Å². The van der Waals surface area contributed by atoms with Gasteiger partial charge in [-0.2, -0.15) is 0 Å². The monoisotopic (exact) mass is 435 g/mol. The van der Waals surface area contributed by atoms with Crippen LogP contribution in [-0.2, 0) is 6.54 Å². The number of rotatable bonds is 7. The first-order chi connectivity index (χ1) is 15.1. The number of hydrogen-bond acceptors (Lipinski definition) is 5. The standard InChI is InChI=1S/C24H25N3O3S/c1-30-22-13-9-20(10-14-22)25-24-26(16-15-18-5-3-2-4-6-18)23(17-31-24)19-7-11-21(12-8-19)27(28)29/h5,7-14,17H,2-4,6,15-16H2,1H3. The predicted octanol–water partition coefficient (Wildman–Crippen LogP) is 6.26. The summed E-state index contributed by atoms with van der Waals surface area (Å²) in [5, 5.41) is 13.1. The average Bonchev–Trinajstić information content (AvgIpc) is 3.21. The van der Waals surface area contributed by atoms with Crippen molar-refractivity contribution in [3.8, 4) is 17.0 Å². The molecule has 0 bridgehead atoms. The van der Waals surface area contributed by atoms with Crippen LogP contribution in [0.5, 0.6) is 5.75 Å². The summed E-state index contributed by atoms with van der Waals surface area (Å²) in [6.07, 6.45) is 8.25. The molecule has 0 radical (unpaired) electrons. The van der Waals surface area contributed by atoms with Gasteiger partial charge >= 0.3 is 0 Å². The number of allylic oxidation sites excluding steroid dienone is 2. The molecule has 1 aromatic heterocycles. The van der Waals surface area contributed by atoms with Crippen molar-refractivity contribution in [1.29, 1.82) is 0 Å². The summed E-state index contributed by atoms with van der Waals surface area (Å²) in [5.41, 5.74) is 4.46. The Labute approximate surface area is 185 Å². The van der Waals surface area contributed by atoms with Crippen molar-refractivity contribution in [2.75, 3.05) is 7.11 Å². The topological polar surface area (TPSA) is 69.7 Å². The number of nitro benzene ring substituents is 1. The molecule has 31 heavy (non-hydrogen) atoms. The number of nitro groups is 1. The SMILES string of the molecule is COc1ccc(N=c2scc(-c3ccc([N+](=O)[O-])cc3)n2CCC2=CCCCC2)cc1. The van der Waals surface area contributed by atoms with E-state index in [0.717, 1.165) is 40.5 Å². The van der Waals surface area contributed by atoms with Crippen LogP contribution < -0.4 is 9.54 Å². The maximum Gasteiger partial charge on any atom is 0.269 e. The summed E-state index contributed by atoms with van der Waals surface area (Å²) in [6, 6.07) is 14.4. The highest BCUT2D eigenvalue weighted by molar-refractivity contribution is 7.07. The zero-order valence-electron chi connectivity index (χ0n) is 17.5. The fourth-order valence-corrected chi connectivity index (χ4v) is 4.73. The Morgan fingerprint density at radius 2 is 1.90 bits per heavy atom. The highest BCUT2D eigenvalue weighted by Crippen LogP contribution is 2.26. The Balaban J connectivity index is 1.70. The molecule has 0 saturated heterocycles. The largest absolute Gasteiger partial charge is 0.497 e. The second-order valence-electron chi connectivity index (χ2n) is 7.53. The van der Waals surface area contributed by atoms with E-state index in [1.807, 2.05) is 36.4 Å². The van der Waals surface area contributed by atoms with Crippen LogP contribution in [0.4, 0.5) is 11.4 Å². The summed E-state index contributed by atoms with van der Waals surface area (Å²) in [6.45, 7) is 0.830. The van der Waals surface area contributed by atoms with Crippen LogP contribution in [0.1, 0.15) is 32.1 Å². The number of methoxy groups -OCH3 is 1. The van der Waals surface area contributed by atoms with Gasteiger partial charge in [0, 0.05) is 24.1 Å². The molecule has 1 aliphatic carbocycles. The van der Waals surface area contributed by atoms with Gasteiger partial charge in [0.15, 0.2) is 4.80 Å². The molecule has 0 N–H and O–H groups in total. The maximum absolute atomic E-state index is 11.0. The fraction of sp³-hybridized carbons (Fsp3) is 0.292. The first kappa shape index (κ1) is 21.1. The van der Waals surface area contributed by atoms with Crippen LogP contribution in [0.3, 0.4) is 0 Å². The summed E-state index contributed by atoms with van der Waals surface area (Å²) < 4.78 is 7.47. The molecule has 7 heteroatoms. The smallest absolute Gasteiger partial charge is 0.269 e. The van der Waals surface area contributed by atoms with E-state index in [1.165, 1.54) is 31.3 Å². The van der Waals surface area contributed by atoms with E-state index in [1.54, 1.807) is 30.6 Å². The summed E-state index contributed by atoms with van der Waals surface area (Å²) in [5.74, 6) is 0.800. The summed E-state index contributed by atoms with van der Waals surface area (Å²) in [4.78, 5) is 16.4. The van der Waals surface area contributed by atoms with Crippen LogP contribution in [0.2, 0.25) is 0 Å². The lowest BCUT2D eigenvalue weighted by Crippen LogP contribution is -2.16. The molecule has 160 valence electrons. The molecule has 3 aromatic rings. The second-order valence-corrected chi connectivity index (χ2v) is 8.36. The minimum absolute atomic E-state index is 0.0982. The van der Waals surface area contributed by atoms with Gasteiger partial charge in [-0.25, -0.2) is 4.99 Å². The maximum atomic E-state index is 11.0. The molecule has 0 amide bonds. The van der Waals surface area contributed by atoms with Crippen molar-refractivity contribution in [3.05, 3.63) is 80.5 Å². The van der Waals surface area contributed by atoms with E-state index in [9.17, 15) is 10.1 Å². The molecule has 0 aliphatic heterocycles. The van der Waals surface area contributed by atoms with Gasteiger partial charge < -0.3 is 9.30 Å². The molecule has 6 nitrogen and oxygen atoms in total. The van der Waals surface area contributed by atoms with Crippen molar-refractivity contribution in [2.45, 2.75) is 38.6 Å². The summed E-state index contributed by atoms with van der Waals surface area (Å²) in [7, 11) is 1.65. The third kappa shape index (κ3) is 5.11. The van der Waals surface area contributed by atoms with Crippen molar-refractivity contribution >= 4 is 22.7 Å². The highest BCUT2D eigenvalue weighted by atomic mass is 32.1. The van der Waals surface area contributed by atoms with Gasteiger partial charge in [-0.1, -0.05) is 11.6 Å². The van der Waals surface area contributed by atoms with E-state index < -0.39 is 0 Å². The van der Waals surface area contributed by atoms with E-state index in [0.29, 0.717) is 0 Å². The van der Waals surface area contributed by atoms with Crippen LogP contribution in [0, 0.1) is 10.1 Å². The number of benzene rings is 2.